The first kappa shape index (κ1) is 19.7. The summed E-state index contributed by atoms with van der Waals surface area (Å²) in [6.07, 6.45) is 8.01. The normalized spacial score (nSPS) is 17.3. The van der Waals surface area contributed by atoms with E-state index in [9.17, 15) is 4.79 Å². The maximum Gasteiger partial charge on any atom is 0.354 e. The first-order chi connectivity index (χ1) is 15.2. The van der Waals surface area contributed by atoms with Crippen LogP contribution >= 0.6 is 0 Å². The number of piperazine rings is 1. The van der Waals surface area contributed by atoms with Crippen molar-refractivity contribution in [3.05, 3.63) is 36.3 Å². The predicted molar refractivity (Wildman–Crippen MR) is 119 cm³/mol. The van der Waals surface area contributed by atoms with Crippen molar-refractivity contribution in [2.45, 2.75) is 31.7 Å². The lowest BCUT2D eigenvalue weighted by molar-refractivity contribution is 0.0586. The SMILES string of the molecule is COC(=O)c1cc2cnc(Nc3ccc(N4CCNCC4)cn3)nc2n1C1CCCC1. The lowest BCUT2D eigenvalue weighted by Crippen LogP contribution is -2.43. The second kappa shape index (κ2) is 8.50. The molecule has 31 heavy (non-hydrogen) atoms. The zero-order valence-electron chi connectivity index (χ0n) is 17.7. The van der Waals surface area contributed by atoms with E-state index in [1.54, 1.807) is 6.20 Å². The molecule has 1 saturated carbocycles. The van der Waals surface area contributed by atoms with Gasteiger partial charge in [-0.2, -0.15) is 4.98 Å². The van der Waals surface area contributed by atoms with Crippen molar-refractivity contribution in [1.29, 1.82) is 0 Å². The van der Waals surface area contributed by atoms with Crippen LogP contribution in [0, 0.1) is 0 Å². The smallest absolute Gasteiger partial charge is 0.354 e. The van der Waals surface area contributed by atoms with E-state index in [-0.39, 0.29) is 12.0 Å². The molecular formula is C22H27N7O2. The Bertz CT molecular complexity index is 1070. The fraction of sp³-hybridized carbons (Fsp3) is 0.455. The van der Waals surface area contributed by atoms with Crippen LogP contribution in [0.3, 0.4) is 0 Å². The largest absolute Gasteiger partial charge is 0.464 e. The minimum absolute atomic E-state index is 0.255. The minimum Gasteiger partial charge on any atom is -0.464 e. The van der Waals surface area contributed by atoms with Crippen molar-refractivity contribution in [3.63, 3.8) is 0 Å². The molecule has 9 nitrogen and oxygen atoms in total. The van der Waals surface area contributed by atoms with E-state index in [0.717, 1.165) is 68.6 Å². The minimum atomic E-state index is -0.343. The Labute approximate surface area is 180 Å². The van der Waals surface area contributed by atoms with Gasteiger partial charge in [-0.05, 0) is 31.0 Å². The van der Waals surface area contributed by atoms with Gasteiger partial charge in [0.1, 0.15) is 17.2 Å². The van der Waals surface area contributed by atoms with Gasteiger partial charge in [-0.25, -0.2) is 14.8 Å². The van der Waals surface area contributed by atoms with Crippen molar-refractivity contribution < 1.29 is 9.53 Å². The summed E-state index contributed by atoms with van der Waals surface area (Å²) >= 11 is 0. The summed E-state index contributed by atoms with van der Waals surface area (Å²) in [6, 6.07) is 6.09. The van der Waals surface area contributed by atoms with Gasteiger partial charge in [0, 0.05) is 43.8 Å². The van der Waals surface area contributed by atoms with Crippen LogP contribution in [0.2, 0.25) is 0 Å². The number of pyridine rings is 1. The van der Waals surface area contributed by atoms with Gasteiger partial charge in [0.15, 0.2) is 0 Å². The molecule has 0 radical (unpaired) electrons. The van der Waals surface area contributed by atoms with Crippen LogP contribution in [-0.4, -0.2) is 58.8 Å². The maximum absolute atomic E-state index is 12.4. The molecule has 0 bridgehead atoms. The number of anilines is 3. The van der Waals surface area contributed by atoms with E-state index < -0.39 is 0 Å². The number of ether oxygens (including phenoxy) is 1. The zero-order valence-corrected chi connectivity index (χ0v) is 17.7. The molecule has 0 spiro atoms. The monoisotopic (exact) mass is 421 g/mol. The summed E-state index contributed by atoms with van der Waals surface area (Å²) in [6.45, 7) is 3.94. The third-order valence-corrected chi connectivity index (χ3v) is 6.13. The van der Waals surface area contributed by atoms with E-state index in [1.165, 1.54) is 7.11 Å². The van der Waals surface area contributed by atoms with Crippen LogP contribution < -0.4 is 15.5 Å². The number of nitrogens with zero attached hydrogens (tertiary/aromatic N) is 5. The van der Waals surface area contributed by atoms with Gasteiger partial charge < -0.3 is 24.8 Å². The Morgan fingerprint density at radius 3 is 2.68 bits per heavy atom. The number of hydrogen-bond donors (Lipinski definition) is 2. The Morgan fingerprint density at radius 2 is 1.97 bits per heavy atom. The van der Waals surface area contributed by atoms with Crippen LogP contribution in [0.1, 0.15) is 42.2 Å². The van der Waals surface area contributed by atoms with Crippen molar-refractivity contribution in [2.24, 2.45) is 0 Å². The third-order valence-electron chi connectivity index (χ3n) is 6.13. The molecule has 3 aromatic rings. The fourth-order valence-electron chi connectivity index (χ4n) is 4.55. The van der Waals surface area contributed by atoms with Crippen molar-refractivity contribution in [2.75, 3.05) is 43.5 Å². The first-order valence-electron chi connectivity index (χ1n) is 10.9. The predicted octanol–water partition coefficient (Wildman–Crippen LogP) is 2.88. The van der Waals surface area contributed by atoms with Crippen molar-refractivity contribution in [3.8, 4) is 0 Å². The Morgan fingerprint density at radius 1 is 1.16 bits per heavy atom. The van der Waals surface area contributed by atoms with Gasteiger partial charge in [0.05, 0.1) is 19.0 Å². The summed E-state index contributed by atoms with van der Waals surface area (Å²) in [5.74, 6) is 0.804. The number of hydrogen-bond acceptors (Lipinski definition) is 8. The molecule has 0 aromatic carbocycles. The van der Waals surface area contributed by atoms with Crippen LogP contribution in [0.4, 0.5) is 17.5 Å². The number of carbonyl (C=O) groups is 1. The second-order valence-electron chi connectivity index (χ2n) is 8.07. The van der Waals surface area contributed by atoms with Gasteiger partial charge in [0.2, 0.25) is 5.95 Å². The maximum atomic E-state index is 12.4. The van der Waals surface area contributed by atoms with Crippen LogP contribution in [-0.2, 0) is 4.74 Å². The van der Waals surface area contributed by atoms with Crippen LogP contribution in [0.5, 0.6) is 0 Å². The summed E-state index contributed by atoms with van der Waals surface area (Å²) in [5, 5.41) is 7.39. The number of methoxy groups -OCH3 is 1. The molecule has 2 N–H and O–H groups in total. The molecule has 2 aliphatic rings. The number of rotatable bonds is 5. The van der Waals surface area contributed by atoms with E-state index >= 15 is 0 Å². The Hall–Kier alpha value is -3.20. The molecule has 1 saturated heterocycles. The number of nitrogens with one attached hydrogen (secondary N) is 2. The average Bonchev–Trinajstić information content (AvgIpc) is 3.47. The number of carbonyl (C=O) groups excluding carboxylic acids is 1. The summed E-state index contributed by atoms with van der Waals surface area (Å²) < 4.78 is 7.04. The molecule has 0 unspecified atom stereocenters. The third kappa shape index (κ3) is 3.93. The standard InChI is InChI=1S/C22H27N7O2/c1-31-21(30)18-12-15-13-25-22(27-20(15)29(18)16-4-2-3-5-16)26-19-7-6-17(14-24-19)28-10-8-23-9-11-28/h6-7,12-14,16,23H,2-5,8-11H2,1H3,(H,24,25,26,27). The zero-order chi connectivity index (χ0) is 21.2. The Balaban J connectivity index is 1.42. The molecule has 162 valence electrons. The highest BCUT2D eigenvalue weighted by molar-refractivity contribution is 5.94. The lowest BCUT2D eigenvalue weighted by atomic mass is 10.2. The van der Waals surface area contributed by atoms with E-state index in [2.05, 4.69) is 31.6 Å². The van der Waals surface area contributed by atoms with Gasteiger partial charge in [0.25, 0.3) is 0 Å². The molecule has 5 rings (SSSR count). The van der Waals surface area contributed by atoms with Crippen molar-refractivity contribution in [1.82, 2.24) is 24.8 Å². The first-order valence-corrected chi connectivity index (χ1v) is 10.9. The van der Waals surface area contributed by atoms with Crippen molar-refractivity contribution >= 4 is 34.5 Å². The topological polar surface area (TPSA) is 97.2 Å². The molecule has 9 heteroatoms. The molecule has 4 heterocycles. The second-order valence-corrected chi connectivity index (χ2v) is 8.07. The molecule has 2 fully saturated rings. The van der Waals surface area contributed by atoms with Gasteiger partial charge in [-0.1, -0.05) is 12.8 Å². The average molecular weight is 422 g/mol. The van der Waals surface area contributed by atoms with E-state index in [0.29, 0.717) is 17.5 Å². The highest BCUT2D eigenvalue weighted by Gasteiger charge is 2.26. The molecule has 3 aromatic heterocycles. The van der Waals surface area contributed by atoms with E-state index in [4.69, 9.17) is 9.72 Å². The summed E-state index contributed by atoms with van der Waals surface area (Å²) in [5.41, 5.74) is 2.40. The number of aromatic nitrogens is 4. The number of esters is 1. The lowest BCUT2D eigenvalue weighted by Gasteiger charge is -2.29. The Kier molecular flexibility index (Phi) is 5.42. The highest BCUT2D eigenvalue weighted by atomic mass is 16.5. The van der Waals surface area contributed by atoms with Gasteiger partial charge in [-0.3, -0.25) is 0 Å². The van der Waals surface area contributed by atoms with Crippen LogP contribution in [0.25, 0.3) is 11.0 Å². The van der Waals surface area contributed by atoms with Crippen LogP contribution in [0.15, 0.2) is 30.6 Å². The van der Waals surface area contributed by atoms with Gasteiger partial charge >= 0.3 is 5.97 Å². The quantitative estimate of drug-likeness (QED) is 0.607. The number of fused-ring (bicyclic) bond motifs is 1. The van der Waals surface area contributed by atoms with E-state index in [1.807, 2.05) is 22.9 Å². The molecule has 1 aliphatic carbocycles. The summed E-state index contributed by atoms with van der Waals surface area (Å²) in [4.78, 5) is 28.4. The van der Waals surface area contributed by atoms with Gasteiger partial charge in [-0.15, -0.1) is 0 Å². The highest BCUT2D eigenvalue weighted by Crippen LogP contribution is 2.34. The molecule has 1 aliphatic heterocycles. The molecule has 0 amide bonds. The summed E-state index contributed by atoms with van der Waals surface area (Å²) in [7, 11) is 1.41. The fourth-order valence-corrected chi connectivity index (χ4v) is 4.55. The molecular weight excluding hydrogens is 394 g/mol. The molecule has 0 atom stereocenters.